The highest BCUT2D eigenvalue weighted by Crippen LogP contribution is 2.18. The fraction of sp³-hybridized carbons (Fsp3) is 0.571. The Morgan fingerprint density at radius 3 is 2.75 bits per heavy atom. The number of hydrogen-bond donors (Lipinski definition) is 2. The van der Waals surface area contributed by atoms with E-state index in [-0.39, 0.29) is 18.4 Å². The average molecular weight is 300 g/mol. The first-order valence-corrected chi connectivity index (χ1v) is 8.46. The molecule has 114 valence electrons. The molecular formula is C14H24N2O3S. The number of ether oxygens (including phenoxy) is 1. The van der Waals surface area contributed by atoms with Gasteiger partial charge in [-0.25, -0.2) is 8.42 Å². The van der Waals surface area contributed by atoms with Crippen molar-refractivity contribution < 1.29 is 13.2 Å². The van der Waals surface area contributed by atoms with Crippen molar-refractivity contribution in [3.63, 3.8) is 0 Å². The summed E-state index contributed by atoms with van der Waals surface area (Å²) in [6.07, 6.45) is 1.06. The van der Waals surface area contributed by atoms with Crippen molar-refractivity contribution in [1.82, 2.24) is 5.32 Å². The number of rotatable bonds is 9. The molecule has 2 N–H and O–H groups in total. The van der Waals surface area contributed by atoms with Gasteiger partial charge >= 0.3 is 0 Å². The van der Waals surface area contributed by atoms with Crippen molar-refractivity contribution in [2.45, 2.75) is 26.3 Å². The second-order valence-electron chi connectivity index (χ2n) is 4.72. The van der Waals surface area contributed by atoms with Crippen LogP contribution in [0.5, 0.6) is 0 Å². The number of anilines is 1. The van der Waals surface area contributed by atoms with Gasteiger partial charge in [0.15, 0.2) is 0 Å². The lowest BCUT2D eigenvalue weighted by molar-refractivity contribution is 0.217. The van der Waals surface area contributed by atoms with E-state index in [4.69, 9.17) is 4.74 Å². The second-order valence-corrected chi connectivity index (χ2v) is 6.56. The summed E-state index contributed by atoms with van der Waals surface area (Å²) in [4.78, 5) is 0. The predicted octanol–water partition coefficient (Wildman–Crippen LogP) is 2.14. The minimum atomic E-state index is -3.35. The van der Waals surface area contributed by atoms with Gasteiger partial charge in [0.1, 0.15) is 0 Å². The van der Waals surface area contributed by atoms with Crippen molar-refractivity contribution >= 4 is 15.7 Å². The number of sulfonamides is 1. The summed E-state index contributed by atoms with van der Waals surface area (Å²) < 4.78 is 31.0. The van der Waals surface area contributed by atoms with Crippen molar-refractivity contribution in [2.75, 3.05) is 30.7 Å². The van der Waals surface area contributed by atoms with Gasteiger partial charge < -0.3 is 10.1 Å². The van der Waals surface area contributed by atoms with Crippen LogP contribution in [0.15, 0.2) is 24.3 Å². The summed E-state index contributed by atoms with van der Waals surface area (Å²) in [5.74, 6) is -0.0443. The Kier molecular flexibility index (Phi) is 6.98. The van der Waals surface area contributed by atoms with Crippen molar-refractivity contribution in [3.8, 4) is 0 Å². The Hall–Kier alpha value is -1.11. The van der Waals surface area contributed by atoms with E-state index >= 15 is 0 Å². The number of benzene rings is 1. The lowest BCUT2D eigenvalue weighted by atomic mass is 10.1. The lowest BCUT2D eigenvalue weighted by Crippen LogP contribution is -2.21. The number of hydrogen-bond acceptors (Lipinski definition) is 4. The molecule has 0 saturated carbocycles. The first kappa shape index (κ1) is 16.9. The third-order valence-corrected chi connectivity index (χ3v) is 4.17. The molecule has 0 heterocycles. The molecule has 0 spiro atoms. The highest BCUT2D eigenvalue weighted by atomic mass is 32.2. The molecular weight excluding hydrogens is 276 g/mol. The van der Waals surface area contributed by atoms with Crippen LogP contribution in [0.25, 0.3) is 0 Å². The molecule has 1 rings (SSSR count). The first-order chi connectivity index (χ1) is 9.48. The van der Waals surface area contributed by atoms with Crippen molar-refractivity contribution in [1.29, 1.82) is 0 Å². The maximum Gasteiger partial charge on any atom is 0.234 e. The van der Waals surface area contributed by atoms with Gasteiger partial charge in [0.2, 0.25) is 10.0 Å². The molecule has 1 aromatic rings. The second kappa shape index (κ2) is 8.24. The third-order valence-electron chi connectivity index (χ3n) is 2.92. The molecule has 0 fully saturated rings. The molecule has 0 radical (unpaired) electrons. The van der Waals surface area contributed by atoms with Crippen LogP contribution < -0.4 is 10.0 Å². The molecule has 0 bridgehead atoms. The number of nitrogens with one attached hydrogen (secondary N) is 2. The van der Waals surface area contributed by atoms with Crippen LogP contribution in [-0.4, -0.2) is 34.4 Å². The normalized spacial score (nSPS) is 13.2. The Morgan fingerprint density at radius 1 is 1.35 bits per heavy atom. The van der Waals surface area contributed by atoms with Gasteiger partial charge in [0.05, 0.1) is 12.4 Å². The van der Waals surface area contributed by atoms with Crippen LogP contribution >= 0.6 is 0 Å². The molecule has 1 unspecified atom stereocenters. The van der Waals surface area contributed by atoms with E-state index in [1.165, 1.54) is 7.11 Å². The van der Waals surface area contributed by atoms with Crippen LogP contribution in [0.4, 0.5) is 5.69 Å². The van der Waals surface area contributed by atoms with Crippen LogP contribution in [-0.2, 0) is 14.8 Å². The SMILES string of the molecule is CCCNC(C)c1cccc(NS(=O)(=O)CCOC)c1. The molecule has 20 heavy (non-hydrogen) atoms. The smallest absolute Gasteiger partial charge is 0.234 e. The lowest BCUT2D eigenvalue weighted by Gasteiger charge is -2.15. The van der Waals surface area contributed by atoms with E-state index in [1.807, 2.05) is 18.2 Å². The van der Waals surface area contributed by atoms with E-state index < -0.39 is 10.0 Å². The predicted molar refractivity (Wildman–Crippen MR) is 82.4 cm³/mol. The van der Waals surface area contributed by atoms with Gasteiger partial charge in [0, 0.05) is 18.8 Å². The summed E-state index contributed by atoms with van der Waals surface area (Å²) in [7, 11) is -1.87. The molecule has 1 aromatic carbocycles. The average Bonchev–Trinajstić information content (AvgIpc) is 2.42. The summed E-state index contributed by atoms with van der Waals surface area (Å²) in [5, 5.41) is 3.38. The molecule has 6 heteroatoms. The van der Waals surface area contributed by atoms with E-state index in [0.29, 0.717) is 5.69 Å². The topological polar surface area (TPSA) is 67.4 Å². The Morgan fingerprint density at radius 2 is 2.10 bits per heavy atom. The molecule has 0 aromatic heterocycles. The Balaban J connectivity index is 2.73. The van der Waals surface area contributed by atoms with Crippen LogP contribution in [0, 0.1) is 0 Å². The van der Waals surface area contributed by atoms with E-state index in [2.05, 4.69) is 23.9 Å². The summed E-state index contributed by atoms with van der Waals surface area (Å²) in [6, 6.07) is 7.64. The maximum absolute atomic E-state index is 11.8. The van der Waals surface area contributed by atoms with E-state index in [1.54, 1.807) is 6.07 Å². The van der Waals surface area contributed by atoms with Gasteiger partial charge in [-0.2, -0.15) is 0 Å². The molecule has 0 aliphatic carbocycles. The van der Waals surface area contributed by atoms with E-state index in [9.17, 15) is 8.42 Å². The highest BCUT2D eigenvalue weighted by Gasteiger charge is 2.11. The van der Waals surface area contributed by atoms with Crippen molar-refractivity contribution in [2.24, 2.45) is 0 Å². The molecule has 0 aliphatic rings. The third kappa shape index (κ3) is 5.90. The van der Waals surface area contributed by atoms with Crippen LogP contribution in [0.2, 0.25) is 0 Å². The minimum absolute atomic E-state index is 0.0443. The molecule has 0 saturated heterocycles. The van der Waals surface area contributed by atoms with Gasteiger partial charge in [-0.05, 0) is 37.6 Å². The summed E-state index contributed by atoms with van der Waals surface area (Å²) in [5.41, 5.74) is 1.65. The molecule has 5 nitrogen and oxygen atoms in total. The maximum atomic E-state index is 11.8. The van der Waals surface area contributed by atoms with Gasteiger partial charge in [-0.1, -0.05) is 19.1 Å². The van der Waals surface area contributed by atoms with Gasteiger partial charge in [-0.3, -0.25) is 4.72 Å². The Bertz CT molecular complexity index is 503. The van der Waals surface area contributed by atoms with Gasteiger partial charge in [0.25, 0.3) is 0 Å². The highest BCUT2D eigenvalue weighted by molar-refractivity contribution is 7.92. The monoisotopic (exact) mass is 300 g/mol. The minimum Gasteiger partial charge on any atom is -0.384 e. The quantitative estimate of drug-likeness (QED) is 0.733. The zero-order valence-corrected chi connectivity index (χ0v) is 13.2. The van der Waals surface area contributed by atoms with Gasteiger partial charge in [-0.15, -0.1) is 0 Å². The summed E-state index contributed by atoms with van der Waals surface area (Å²) in [6.45, 7) is 5.29. The van der Waals surface area contributed by atoms with Crippen LogP contribution in [0.3, 0.4) is 0 Å². The standard InChI is InChI=1S/C14H24N2O3S/c1-4-8-15-12(2)13-6-5-7-14(11-13)16-20(17,18)10-9-19-3/h5-7,11-12,15-16H,4,8-10H2,1-3H3. The molecule has 1 atom stereocenters. The summed E-state index contributed by atoms with van der Waals surface area (Å²) >= 11 is 0. The van der Waals surface area contributed by atoms with Crippen molar-refractivity contribution in [3.05, 3.63) is 29.8 Å². The zero-order chi connectivity index (χ0) is 15.0. The molecule has 0 amide bonds. The molecule has 0 aliphatic heterocycles. The first-order valence-electron chi connectivity index (χ1n) is 6.81. The fourth-order valence-corrected chi connectivity index (χ4v) is 2.75. The Labute approximate surface area is 121 Å². The number of methoxy groups -OCH3 is 1. The van der Waals surface area contributed by atoms with Crippen LogP contribution in [0.1, 0.15) is 31.9 Å². The largest absolute Gasteiger partial charge is 0.384 e. The zero-order valence-electron chi connectivity index (χ0n) is 12.3. The fourth-order valence-electron chi connectivity index (χ4n) is 1.77. The van der Waals surface area contributed by atoms with E-state index in [0.717, 1.165) is 18.5 Å².